The van der Waals surface area contributed by atoms with E-state index in [0.29, 0.717) is 6.04 Å². The average Bonchev–Trinajstić information content (AvgIpc) is 2.41. The second-order valence-electron chi connectivity index (χ2n) is 5.31. The minimum Gasteiger partial charge on any atom is -0.314 e. The van der Waals surface area contributed by atoms with Crippen LogP contribution in [0.25, 0.3) is 0 Å². The third-order valence-corrected chi connectivity index (χ3v) is 3.76. The van der Waals surface area contributed by atoms with Crippen LogP contribution in [0.4, 0.5) is 13.2 Å². The van der Waals surface area contributed by atoms with E-state index in [2.05, 4.69) is 17.1 Å². The Morgan fingerprint density at radius 3 is 2.55 bits per heavy atom. The van der Waals surface area contributed by atoms with Crippen molar-refractivity contribution in [1.82, 2.24) is 10.2 Å². The zero-order chi connectivity index (χ0) is 14.6. The third-order valence-electron chi connectivity index (χ3n) is 3.76. The molecule has 0 spiro atoms. The fourth-order valence-corrected chi connectivity index (χ4v) is 2.66. The minimum absolute atomic E-state index is 0.482. The van der Waals surface area contributed by atoms with Crippen molar-refractivity contribution in [2.45, 2.75) is 38.5 Å². The molecule has 0 aliphatic carbocycles. The molecule has 1 aliphatic rings. The molecule has 112 valence electrons. The third kappa shape index (κ3) is 3.96. The van der Waals surface area contributed by atoms with E-state index in [9.17, 15) is 13.2 Å². The van der Waals surface area contributed by atoms with Crippen LogP contribution in [-0.4, -0.2) is 30.6 Å². The SMILES string of the molecule is CCCC1CNCCN1Cc1ccc(C(F)(F)F)cc1. The molecule has 0 amide bonds. The molecule has 0 saturated carbocycles. The van der Waals surface area contributed by atoms with Gasteiger partial charge in [0.15, 0.2) is 0 Å². The van der Waals surface area contributed by atoms with Crippen molar-refractivity contribution in [1.29, 1.82) is 0 Å². The molecule has 0 bridgehead atoms. The van der Waals surface area contributed by atoms with Gasteiger partial charge in [-0.25, -0.2) is 0 Å². The lowest BCUT2D eigenvalue weighted by Gasteiger charge is -2.36. The van der Waals surface area contributed by atoms with Gasteiger partial charge >= 0.3 is 6.18 Å². The molecule has 1 heterocycles. The van der Waals surface area contributed by atoms with Gasteiger partial charge in [0.25, 0.3) is 0 Å². The van der Waals surface area contributed by atoms with Crippen molar-refractivity contribution in [3.05, 3.63) is 35.4 Å². The molecule has 2 nitrogen and oxygen atoms in total. The van der Waals surface area contributed by atoms with Crippen LogP contribution in [0, 0.1) is 0 Å². The molecular weight excluding hydrogens is 265 g/mol. The van der Waals surface area contributed by atoms with Gasteiger partial charge < -0.3 is 5.32 Å². The molecule has 1 aromatic carbocycles. The first kappa shape index (κ1) is 15.3. The summed E-state index contributed by atoms with van der Waals surface area (Å²) in [6.07, 6.45) is -2.01. The summed E-state index contributed by atoms with van der Waals surface area (Å²) in [7, 11) is 0. The largest absolute Gasteiger partial charge is 0.416 e. The molecule has 20 heavy (non-hydrogen) atoms. The maximum Gasteiger partial charge on any atom is 0.416 e. The second kappa shape index (κ2) is 6.59. The summed E-state index contributed by atoms with van der Waals surface area (Å²) in [5.41, 5.74) is 0.368. The maximum absolute atomic E-state index is 12.5. The molecule has 1 aromatic rings. The summed E-state index contributed by atoms with van der Waals surface area (Å²) >= 11 is 0. The first-order valence-corrected chi connectivity index (χ1v) is 7.11. The van der Waals surface area contributed by atoms with Crippen LogP contribution in [0.15, 0.2) is 24.3 Å². The predicted octanol–water partition coefficient (Wildman–Crippen LogP) is 3.28. The Bertz CT molecular complexity index is 412. The van der Waals surface area contributed by atoms with Gasteiger partial charge in [-0.3, -0.25) is 4.90 Å². The molecule has 0 radical (unpaired) electrons. The van der Waals surface area contributed by atoms with Crippen molar-refractivity contribution in [2.75, 3.05) is 19.6 Å². The topological polar surface area (TPSA) is 15.3 Å². The lowest BCUT2D eigenvalue weighted by atomic mass is 10.1. The summed E-state index contributed by atoms with van der Waals surface area (Å²) in [5.74, 6) is 0. The van der Waals surface area contributed by atoms with E-state index >= 15 is 0 Å². The Kier molecular flexibility index (Phi) is 5.05. The second-order valence-corrected chi connectivity index (χ2v) is 5.31. The number of hydrogen-bond donors (Lipinski definition) is 1. The summed E-state index contributed by atoms with van der Waals surface area (Å²) in [6, 6.07) is 6.01. The van der Waals surface area contributed by atoms with Gasteiger partial charge in [-0.2, -0.15) is 13.2 Å². The van der Waals surface area contributed by atoms with Crippen LogP contribution >= 0.6 is 0 Å². The number of nitrogens with one attached hydrogen (secondary N) is 1. The van der Waals surface area contributed by atoms with Crippen molar-refractivity contribution < 1.29 is 13.2 Å². The van der Waals surface area contributed by atoms with Crippen LogP contribution in [0.1, 0.15) is 30.9 Å². The van der Waals surface area contributed by atoms with Gasteiger partial charge in [0.05, 0.1) is 5.56 Å². The van der Waals surface area contributed by atoms with Crippen molar-refractivity contribution in [3.63, 3.8) is 0 Å². The quantitative estimate of drug-likeness (QED) is 0.914. The fraction of sp³-hybridized carbons (Fsp3) is 0.600. The molecule has 1 saturated heterocycles. The number of piperazine rings is 1. The lowest BCUT2D eigenvalue weighted by molar-refractivity contribution is -0.137. The first-order chi connectivity index (χ1) is 9.50. The van der Waals surface area contributed by atoms with E-state index in [0.717, 1.165) is 44.6 Å². The summed E-state index contributed by atoms with van der Waals surface area (Å²) < 4.78 is 37.6. The van der Waals surface area contributed by atoms with E-state index in [1.807, 2.05) is 0 Å². The molecule has 1 atom stereocenters. The maximum atomic E-state index is 12.5. The molecule has 5 heteroatoms. The molecule has 0 aromatic heterocycles. The molecular formula is C15H21F3N2. The number of rotatable bonds is 4. The normalized spacial score (nSPS) is 21.1. The standard InChI is InChI=1S/C15H21F3N2/c1-2-3-14-10-19-8-9-20(14)11-12-4-6-13(7-5-12)15(16,17)18/h4-7,14,19H,2-3,8-11H2,1H3. The summed E-state index contributed by atoms with van der Waals surface area (Å²) in [5, 5.41) is 3.37. The number of halogens is 3. The van der Waals surface area contributed by atoms with Crippen LogP contribution in [0.5, 0.6) is 0 Å². The van der Waals surface area contributed by atoms with Gasteiger partial charge in [-0.15, -0.1) is 0 Å². The molecule has 1 fully saturated rings. The van der Waals surface area contributed by atoms with Crippen molar-refractivity contribution in [3.8, 4) is 0 Å². The van der Waals surface area contributed by atoms with E-state index in [4.69, 9.17) is 0 Å². The Morgan fingerprint density at radius 1 is 1.25 bits per heavy atom. The number of alkyl halides is 3. The summed E-state index contributed by atoms with van der Waals surface area (Å²) in [6.45, 7) is 5.75. The number of nitrogens with zero attached hydrogens (tertiary/aromatic N) is 1. The Labute approximate surface area is 118 Å². The van der Waals surface area contributed by atoms with Gasteiger partial charge in [-0.1, -0.05) is 25.5 Å². The van der Waals surface area contributed by atoms with Gasteiger partial charge in [0.1, 0.15) is 0 Å². The van der Waals surface area contributed by atoms with E-state index in [1.165, 1.54) is 12.1 Å². The van der Waals surface area contributed by atoms with Crippen molar-refractivity contribution >= 4 is 0 Å². The highest BCUT2D eigenvalue weighted by Gasteiger charge is 2.30. The zero-order valence-corrected chi connectivity index (χ0v) is 11.7. The Morgan fingerprint density at radius 2 is 1.95 bits per heavy atom. The highest BCUT2D eigenvalue weighted by molar-refractivity contribution is 5.24. The van der Waals surface area contributed by atoms with E-state index in [-0.39, 0.29) is 0 Å². The fourth-order valence-electron chi connectivity index (χ4n) is 2.66. The van der Waals surface area contributed by atoms with Crippen LogP contribution in [-0.2, 0) is 12.7 Å². The zero-order valence-electron chi connectivity index (χ0n) is 11.7. The van der Waals surface area contributed by atoms with Crippen LogP contribution < -0.4 is 5.32 Å². The lowest BCUT2D eigenvalue weighted by Crippen LogP contribution is -2.50. The molecule has 1 aliphatic heterocycles. The van der Waals surface area contributed by atoms with Gasteiger partial charge in [0.2, 0.25) is 0 Å². The monoisotopic (exact) mass is 286 g/mol. The summed E-state index contributed by atoms with van der Waals surface area (Å²) in [4.78, 5) is 2.36. The molecule has 1 unspecified atom stereocenters. The Balaban J connectivity index is 2.01. The average molecular weight is 286 g/mol. The van der Waals surface area contributed by atoms with Gasteiger partial charge in [-0.05, 0) is 24.1 Å². The molecule has 2 rings (SSSR count). The highest BCUT2D eigenvalue weighted by Crippen LogP contribution is 2.29. The minimum atomic E-state index is -4.25. The Hall–Kier alpha value is -1.07. The first-order valence-electron chi connectivity index (χ1n) is 7.11. The van der Waals surface area contributed by atoms with Crippen LogP contribution in [0.3, 0.4) is 0 Å². The van der Waals surface area contributed by atoms with Crippen molar-refractivity contribution in [2.24, 2.45) is 0 Å². The van der Waals surface area contributed by atoms with Gasteiger partial charge in [0, 0.05) is 32.2 Å². The highest BCUT2D eigenvalue weighted by atomic mass is 19.4. The number of benzene rings is 1. The molecule has 1 N–H and O–H groups in total. The predicted molar refractivity (Wildman–Crippen MR) is 73.4 cm³/mol. The smallest absolute Gasteiger partial charge is 0.314 e. The van der Waals surface area contributed by atoms with E-state index in [1.54, 1.807) is 12.1 Å². The van der Waals surface area contributed by atoms with E-state index < -0.39 is 11.7 Å². The van der Waals surface area contributed by atoms with Crippen LogP contribution in [0.2, 0.25) is 0 Å². The number of hydrogen-bond acceptors (Lipinski definition) is 2.